The number of nitrogens with zero attached hydrogens (tertiary/aromatic N) is 2. The molecule has 136 valence electrons. The van der Waals surface area contributed by atoms with Crippen LogP contribution in [0.15, 0.2) is 89.4 Å². The zero-order valence-corrected chi connectivity index (χ0v) is 16.4. The first-order chi connectivity index (χ1) is 13.7. The Morgan fingerprint density at radius 3 is 2.18 bits per heavy atom. The molecule has 0 bridgehead atoms. The molecule has 1 atom stereocenters. The molecule has 0 radical (unpaired) electrons. The number of carbonyl (C=O) groups is 1. The van der Waals surface area contributed by atoms with Gasteiger partial charge in [0.2, 0.25) is 0 Å². The number of hydrogen-bond donors (Lipinski definition) is 1. The van der Waals surface area contributed by atoms with Gasteiger partial charge in [0.05, 0.1) is 11.7 Å². The molecule has 1 amide bonds. The highest BCUT2D eigenvalue weighted by atomic mass is 79.9. The lowest BCUT2D eigenvalue weighted by Crippen LogP contribution is -2.29. The van der Waals surface area contributed by atoms with Gasteiger partial charge in [-0.1, -0.05) is 76.6 Å². The van der Waals surface area contributed by atoms with Crippen molar-refractivity contribution in [3.63, 3.8) is 0 Å². The monoisotopic (exact) mass is 429 g/mol. The third kappa shape index (κ3) is 2.67. The van der Waals surface area contributed by atoms with Gasteiger partial charge in [0.15, 0.2) is 0 Å². The average molecular weight is 430 g/mol. The quantitative estimate of drug-likeness (QED) is 0.461. The molecule has 3 aromatic carbocycles. The lowest BCUT2D eigenvalue weighted by Gasteiger charge is -2.26. The molecule has 0 unspecified atom stereocenters. The first kappa shape index (κ1) is 17.0. The highest BCUT2D eigenvalue weighted by molar-refractivity contribution is 9.10. The van der Waals surface area contributed by atoms with Crippen LogP contribution in [0.25, 0.3) is 11.3 Å². The van der Waals surface area contributed by atoms with E-state index in [4.69, 9.17) is 0 Å². The lowest BCUT2D eigenvalue weighted by molar-refractivity contribution is 0.0989. The third-order valence-electron chi connectivity index (χ3n) is 5.04. The van der Waals surface area contributed by atoms with Crippen LogP contribution in [-0.4, -0.2) is 16.1 Å². The van der Waals surface area contributed by atoms with E-state index in [1.54, 1.807) is 0 Å². The summed E-state index contributed by atoms with van der Waals surface area (Å²) in [6.45, 7) is 0. The van der Waals surface area contributed by atoms with Crippen molar-refractivity contribution in [1.29, 1.82) is 0 Å². The van der Waals surface area contributed by atoms with E-state index in [0.29, 0.717) is 5.69 Å². The smallest absolute Gasteiger partial charge is 0.277 e. The number of halogens is 1. The van der Waals surface area contributed by atoms with Crippen molar-refractivity contribution in [2.45, 2.75) is 6.04 Å². The maximum absolute atomic E-state index is 13.3. The second-order valence-electron chi connectivity index (χ2n) is 6.69. The lowest BCUT2D eigenvalue weighted by atomic mass is 9.96. The molecule has 2 heterocycles. The fraction of sp³-hybridized carbons (Fsp3) is 0.0435. The summed E-state index contributed by atoms with van der Waals surface area (Å²) in [5.41, 5.74) is 5.18. The molecule has 1 aliphatic rings. The summed E-state index contributed by atoms with van der Waals surface area (Å²) in [4.78, 5) is 15.2. The standard InChI is InChI=1S/C23H16BrN3O/c24-17-13-11-16(12-14-17)22-19-20(15-7-3-1-4-8-15)25-26-21(19)23(28)27(22)18-9-5-2-6-10-18/h1-14,22H,(H,25,26)/t22-/m1/s1. The van der Waals surface area contributed by atoms with Crippen molar-refractivity contribution in [2.24, 2.45) is 0 Å². The Morgan fingerprint density at radius 1 is 0.857 bits per heavy atom. The number of aromatic amines is 1. The van der Waals surface area contributed by atoms with Crippen molar-refractivity contribution < 1.29 is 4.79 Å². The first-order valence-electron chi connectivity index (χ1n) is 9.02. The van der Waals surface area contributed by atoms with Crippen LogP contribution in [0.3, 0.4) is 0 Å². The van der Waals surface area contributed by atoms with E-state index < -0.39 is 0 Å². The number of rotatable bonds is 3. The van der Waals surface area contributed by atoms with Gasteiger partial charge in [-0.05, 0) is 29.8 Å². The Bertz CT molecular complexity index is 1140. The number of aromatic nitrogens is 2. The largest absolute Gasteiger partial charge is 0.295 e. The molecule has 1 aromatic heterocycles. The second kappa shape index (κ2) is 6.77. The van der Waals surface area contributed by atoms with E-state index in [1.807, 2.05) is 77.7 Å². The number of carbonyl (C=O) groups excluding carboxylic acids is 1. The maximum Gasteiger partial charge on any atom is 0.277 e. The van der Waals surface area contributed by atoms with Crippen LogP contribution in [0.2, 0.25) is 0 Å². The van der Waals surface area contributed by atoms with Gasteiger partial charge in [-0.25, -0.2) is 0 Å². The number of nitrogens with one attached hydrogen (secondary N) is 1. The van der Waals surface area contributed by atoms with Crippen molar-refractivity contribution in [2.75, 3.05) is 4.90 Å². The summed E-state index contributed by atoms with van der Waals surface area (Å²) in [6.07, 6.45) is 0. The molecule has 0 spiro atoms. The Morgan fingerprint density at radius 2 is 1.50 bits per heavy atom. The summed E-state index contributed by atoms with van der Waals surface area (Å²) in [6, 6.07) is 27.6. The summed E-state index contributed by atoms with van der Waals surface area (Å²) < 4.78 is 1.00. The Labute approximate surface area is 171 Å². The van der Waals surface area contributed by atoms with E-state index in [2.05, 4.69) is 38.3 Å². The first-order valence-corrected chi connectivity index (χ1v) is 9.81. The van der Waals surface area contributed by atoms with Crippen LogP contribution in [-0.2, 0) is 0 Å². The van der Waals surface area contributed by atoms with Crippen LogP contribution in [0.5, 0.6) is 0 Å². The van der Waals surface area contributed by atoms with Gasteiger partial charge >= 0.3 is 0 Å². The molecule has 0 saturated carbocycles. The third-order valence-corrected chi connectivity index (χ3v) is 5.56. The van der Waals surface area contributed by atoms with Gasteiger partial charge in [-0.3, -0.25) is 14.8 Å². The van der Waals surface area contributed by atoms with E-state index in [0.717, 1.165) is 32.5 Å². The number of H-pyrrole nitrogens is 1. The molecule has 4 nitrogen and oxygen atoms in total. The van der Waals surface area contributed by atoms with Crippen molar-refractivity contribution in [1.82, 2.24) is 10.2 Å². The van der Waals surface area contributed by atoms with Crippen molar-refractivity contribution in [3.05, 3.63) is 106 Å². The minimum absolute atomic E-state index is 0.0659. The number of fused-ring (bicyclic) bond motifs is 1. The molecule has 4 aromatic rings. The predicted molar refractivity (Wildman–Crippen MR) is 113 cm³/mol. The van der Waals surface area contributed by atoms with Crippen LogP contribution >= 0.6 is 15.9 Å². The second-order valence-corrected chi connectivity index (χ2v) is 7.61. The zero-order chi connectivity index (χ0) is 19.1. The van der Waals surface area contributed by atoms with Gasteiger partial charge in [-0.15, -0.1) is 0 Å². The van der Waals surface area contributed by atoms with Gasteiger partial charge in [0, 0.05) is 21.3 Å². The van der Waals surface area contributed by atoms with E-state index in [1.165, 1.54) is 0 Å². The summed E-state index contributed by atoms with van der Waals surface area (Å²) in [5.74, 6) is -0.0659. The van der Waals surface area contributed by atoms with E-state index >= 15 is 0 Å². The fourth-order valence-corrected chi connectivity index (χ4v) is 4.04. The molecular weight excluding hydrogens is 414 g/mol. The minimum Gasteiger partial charge on any atom is -0.295 e. The summed E-state index contributed by atoms with van der Waals surface area (Å²) in [5, 5.41) is 7.49. The molecule has 0 aliphatic carbocycles. The number of amides is 1. The maximum atomic E-state index is 13.3. The van der Waals surface area contributed by atoms with E-state index in [9.17, 15) is 4.79 Å². The summed E-state index contributed by atoms with van der Waals surface area (Å²) in [7, 11) is 0. The normalized spacial score (nSPS) is 15.7. The number of hydrogen-bond acceptors (Lipinski definition) is 2. The van der Waals surface area contributed by atoms with Gasteiger partial charge < -0.3 is 0 Å². The van der Waals surface area contributed by atoms with Crippen LogP contribution in [0, 0.1) is 0 Å². The zero-order valence-electron chi connectivity index (χ0n) is 14.8. The van der Waals surface area contributed by atoms with Crippen LogP contribution < -0.4 is 4.90 Å². The van der Waals surface area contributed by atoms with Gasteiger partial charge in [-0.2, -0.15) is 5.10 Å². The molecule has 0 fully saturated rings. The Balaban J connectivity index is 1.73. The fourth-order valence-electron chi connectivity index (χ4n) is 3.78. The van der Waals surface area contributed by atoms with Crippen LogP contribution in [0.4, 0.5) is 5.69 Å². The SMILES string of the molecule is O=C1c2[nH]nc(-c3ccccc3)c2[C@@H](c2ccc(Br)cc2)N1c1ccccc1. The number of para-hydroxylation sites is 1. The predicted octanol–water partition coefficient (Wildman–Crippen LogP) is 5.59. The van der Waals surface area contributed by atoms with Crippen molar-refractivity contribution >= 4 is 27.5 Å². The Hall–Kier alpha value is -3.18. The van der Waals surface area contributed by atoms with Gasteiger partial charge in [0.1, 0.15) is 5.69 Å². The Kier molecular flexibility index (Phi) is 4.10. The number of anilines is 1. The van der Waals surface area contributed by atoms with Crippen LogP contribution in [0.1, 0.15) is 27.7 Å². The molecule has 0 saturated heterocycles. The molecule has 1 N–H and O–H groups in total. The number of benzene rings is 3. The van der Waals surface area contributed by atoms with Gasteiger partial charge in [0.25, 0.3) is 5.91 Å². The topological polar surface area (TPSA) is 49.0 Å². The molecule has 28 heavy (non-hydrogen) atoms. The highest BCUT2D eigenvalue weighted by Crippen LogP contribution is 2.44. The van der Waals surface area contributed by atoms with Crippen molar-refractivity contribution in [3.8, 4) is 11.3 Å². The summed E-state index contributed by atoms with van der Waals surface area (Å²) >= 11 is 3.50. The molecular formula is C23H16BrN3O. The molecule has 5 heteroatoms. The molecule has 1 aliphatic heterocycles. The average Bonchev–Trinajstić information content (AvgIpc) is 3.29. The highest BCUT2D eigenvalue weighted by Gasteiger charge is 2.42. The minimum atomic E-state index is -0.244. The van der Waals surface area contributed by atoms with E-state index in [-0.39, 0.29) is 11.9 Å². The molecule has 5 rings (SSSR count).